The molecule has 0 saturated carbocycles. The Balaban J connectivity index is 2.36. The van der Waals surface area contributed by atoms with Gasteiger partial charge in [0, 0.05) is 7.11 Å². The van der Waals surface area contributed by atoms with Gasteiger partial charge in [-0.1, -0.05) is 37.6 Å². The van der Waals surface area contributed by atoms with E-state index in [4.69, 9.17) is 9.57 Å². The Labute approximate surface area is 110 Å². The van der Waals surface area contributed by atoms with Crippen molar-refractivity contribution < 1.29 is 9.57 Å². The Morgan fingerprint density at radius 3 is 2.50 bits per heavy atom. The monoisotopic (exact) mass is 251 g/mol. The van der Waals surface area contributed by atoms with Crippen LogP contribution in [0.4, 0.5) is 0 Å². The molecule has 0 radical (unpaired) electrons. The number of aryl methyl sites for hydroxylation is 1. The van der Waals surface area contributed by atoms with Crippen molar-refractivity contribution in [1.29, 1.82) is 0 Å². The highest BCUT2D eigenvalue weighted by Crippen LogP contribution is 2.14. The maximum atomic E-state index is 5.31. The molecule has 0 spiro atoms. The van der Waals surface area contributed by atoms with Gasteiger partial charge in [0.15, 0.2) is 0 Å². The van der Waals surface area contributed by atoms with Crippen molar-refractivity contribution in [2.75, 3.05) is 20.3 Å². The van der Waals surface area contributed by atoms with Gasteiger partial charge in [-0.15, -0.1) is 0 Å². The zero-order chi connectivity index (χ0) is 13.2. The van der Waals surface area contributed by atoms with E-state index in [2.05, 4.69) is 43.6 Å². The smallest absolute Gasteiger partial charge is 0.0916 e. The molecule has 0 saturated heterocycles. The highest BCUT2D eigenvalue weighted by Gasteiger charge is 2.04. The van der Waals surface area contributed by atoms with Crippen LogP contribution in [0.1, 0.15) is 43.9 Å². The van der Waals surface area contributed by atoms with Gasteiger partial charge in [-0.25, -0.2) is 0 Å². The highest BCUT2D eigenvalue weighted by molar-refractivity contribution is 5.24. The van der Waals surface area contributed by atoms with Gasteiger partial charge in [-0.2, -0.15) is 5.48 Å². The van der Waals surface area contributed by atoms with E-state index in [0.29, 0.717) is 13.2 Å². The molecule has 0 aromatic heterocycles. The summed E-state index contributed by atoms with van der Waals surface area (Å²) in [5, 5.41) is 0. The lowest BCUT2D eigenvalue weighted by Gasteiger charge is -2.14. The molecular formula is C15H25NO2. The Morgan fingerprint density at radius 2 is 1.89 bits per heavy atom. The van der Waals surface area contributed by atoms with Crippen LogP contribution < -0.4 is 5.48 Å². The van der Waals surface area contributed by atoms with Crippen LogP contribution in [-0.2, 0) is 16.0 Å². The third-order valence-corrected chi connectivity index (χ3v) is 2.95. The summed E-state index contributed by atoms with van der Waals surface area (Å²) in [6, 6.07) is 8.95. The summed E-state index contributed by atoms with van der Waals surface area (Å²) in [4.78, 5) is 5.31. The Kier molecular flexibility index (Phi) is 7.65. The van der Waals surface area contributed by atoms with E-state index in [1.54, 1.807) is 7.11 Å². The second-order valence-electron chi connectivity index (χ2n) is 4.53. The van der Waals surface area contributed by atoms with Gasteiger partial charge < -0.3 is 4.74 Å². The number of unbranched alkanes of at least 4 members (excludes halogenated alkanes) is 1. The Morgan fingerprint density at radius 1 is 1.17 bits per heavy atom. The molecule has 1 aromatic rings. The van der Waals surface area contributed by atoms with Crippen molar-refractivity contribution in [2.45, 2.75) is 39.2 Å². The molecule has 3 nitrogen and oxygen atoms in total. The first-order chi connectivity index (χ1) is 8.77. The lowest BCUT2D eigenvalue weighted by Crippen LogP contribution is -2.21. The highest BCUT2D eigenvalue weighted by atomic mass is 16.7. The molecule has 1 aromatic carbocycles. The number of benzene rings is 1. The average Bonchev–Trinajstić information content (AvgIpc) is 2.41. The predicted molar refractivity (Wildman–Crippen MR) is 74.4 cm³/mol. The molecule has 0 heterocycles. The first-order valence-corrected chi connectivity index (χ1v) is 6.73. The van der Waals surface area contributed by atoms with E-state index in [-0.39, 0.29) is 6.04 Å². The third kappa shape index (κ3) is 5.63. The molecule has 3 heteroatoms. The summed E-state index contributed by atoms with van der Waals surface area (Å²) in [6.07, 6.45) is 3.67. The summed E-state index contributed by atoms with van der Waals surface area (Å²) >= 11 is 0. The molecule has 1 atom stereocenters. The van der Waals surface area contributed by atoms with Gasteiger partial charge in [-0.3, -0.25) is 4.84 Å². The number of hydrogen-bond donors (Lipinski definition) is 1. The molecule has 1 rings (SSSR count). The van der Waals surface area contributed by atoms with Gasteiger partial charge in [0.05, 0.1) is 19.3 Å². The normalized spacial score (nSPS) is 12.6. The molecule has 102 valence electrons. The summed E-state index contributed by atoms with van der Waals surface area (Å²) in [5.74, 6) is 0. The van der Waals surface area contributed by atoms with Crippen LogP contribution in [0.2, 0.25) is 0 Å². The molecule has 1 unspecified atom stereocenters. The number of methoxy groups -OCH3 is 1. The minimum Gasteiger partial charge on any atom is -0.382 e. The van der Waals surface area contributed by atoms with Gasteiger partial charge in [-0.05, 0) is 30.9 Å². The van der Waals surface area contributed by atoms with Gasteiger partial charge in [0.2, 0.25) is 0 Å². The quantitative estimate of drug-likeness (QED) is 0.540. The standard InChI is InChI=1S/C15H25NO2/c1-4-5-6-14-7-9-15(10-8-14)13(2)16-18-12-11-17-3/h7-10,13,16H,4-6,11-12H2,1-3H3. The molecule has 0 aliphatic rings. The van der Waals surface area contributed by atoms with Crippen LogP contribution in [0.3, 0.4) is 0 Å². The van der Waals surface area contributed by atoms with Crippen LogP contribution in [0.15, 0.2) is 24.3 Å². The van der Waals surface area contributed by atoms with E-state index >= 15 is 0 Å². The van der Waals surface area contributed by atoms with Crippen molar-refractivity contribution in [3.05, 3.63) is 35.4 Å². The first kappa shape index (κ1) is 15.2. The molecule has 18 heavy (non-hydrogen) atoms. The SMILES string of the molecule is CCCCc1ccc(C(C)NOCCOC)cc1. The number of nitrogens with one attached hydrogen (secondary N) is 1. The second-order valence-corrected chi connectivity index (χ2v) is 4.53. The van der Waals surface area contributed by atoms with E-state index in [1.807, 2.05) is 0 Å². The second kappa shape index (κ2) is 9.09. The summed E-state index contributed by atoms with van der Waals surface area (Å²) in [7, 11) is 1.67. The Bertz CT molecular complexity index is 311. The molecular weight excluding hydrogens is 226 g/mol. The molecule has 0 fully saturated rings. The summed E-state index contributed by atoms with van der Waals surface area (Å²) in [5.41, 5.74) is 5.67. The van der Waals surface area contributed by atoms with Crippen molar-refractivity contribution in [3.8, 4) is 0 Å². The van der Waals surface area contributed by atoms with Crippen LogP contribution in [0.5, 0.6) is 0 Å². The zero-order valence-electron chi connectivity index (χ0n) is 11.7. The van der Waals surface area contributed by atoms with Gasteiger partial charge >= 0.3 is 0 Å². The van der Waals surface area contributed by atoms with Crippen molar-refractivity contribution in [2.24, 2.45) is 0 Å². The van der Waals surface area contributed by atoms with E-state index < -0.39 is 0 Å². The fraction of sp³-hybridized carbons (Fsp3) is 0.600. The van der Waals surface area contributed by atoms with Gasteiger partial charge in [0.1, 0.15) is 0 Å². The van der Waals surface area contributed by atoms with E-state index in [0.717, 1.165) is 0 Å². The zero-order valence-corrected chi connectivity index (χ0v) is 11.7. The number of ether oxygens (including phenoxy) is 1. The minimum atomic E-state index is 0.196. The largest absolute Gasteiger partial charge is 0.382 e. The number of hydrogen-bond acceptors (Lipinski definition) is 3. The van der Waals surface area contributed by atoms with Crippen LogP contribution in [-0.4, -0.2) is 20.3 Å². The third-order valence-electron chi connectivity index (χ3n) is 2.95. The van der Waals surface area contributed by atoms with Crippen molar-refractivity contribution >= 4 is 0 Å². The summed E-state index contributed by atoms with van der Waals surface area (Å²) in [6.45, 7) is 5.48. The van der Waals surface area contributed by atoms with E-state index in [1.165, 1.54) is 30.4 Å². The predicted octanol–water partition coefficient (Wildman–Crippen LogP) is 3.26. The fourth-order valence-electron chi connectivity index (χ4n) is 1.73. The summed E-state index contributed by atoms with van der Waals surface area (Å²) < 4.78 is 4.92. The molecule has 0 bridgehead atoms. The maximum absolute atomic E-state index is 5.31. The lowest BCUT2D eigenvalue weighted by atomic mass is 10.0. The maximum Gasteiger partial charge on any atom is 0.0916 e. The first-order valence-electron chi connectivity index (χ1n) is 6.73. The molecule has 0 aliphatic carbocycles. The fourth-order valence-corrected chi connectivity index (χ4v) is 1.73. The van der Waals surface area contributed by atoms with Gasteiger partial charge in [0.25, 0.3) is 0 Å². The van der Waals surface area contributed by atoms with Crippen LogP contribution in [0.25, 0.3) is 0 Å². The van der Waals surface area contributed by atoms with E-state index in [9.17, 15) is 0 Å². The Hall–Kier alpha value is -0.900. The average molecular weight is 251 g/mol. The topological polar surface area (TPSA) is 30.5 Å². The lowest BCUT2D eigenvalue weighted by molar-refractivity contribution is -0.00925. The van der Waals surface area contributed by atoms with Crippen LogP contribution >= 0.6 is 0 Å². The minimum absolute atomic E-state index is 0.196. The number of hydroxylamine groups is 1. The molecule has 0 aliphatic heterocycles. The van der Waals surface area contributed by atoms with Crippen LogP contribution in [0, 0.1) is 0 Å². The van der Waals surface area contributed by atoms with Crippen molar-refractivity contribution in [1.82, 2.24) is 5.48 Å². The molecule has 1 N–H and O–H groups in total. The number of rotatable bonds is 9. The molecule has 0 amide bonds. The van der Waals surface area contributed by atoms with Crippen molar-refractivity contribution in [3.63, 3.8) is 0 Å².